The first-order chi connectivity index (χ1) is 7.99. The highest BCUT2D eigenvalue weighted by Gasteiger charge is 2.01. The third kappa shape index (κ3) is 21.1. The van der Waals surface area contributed by atoms with E-state index in [1.165, 1.54) is 12.5 Å². The van der Waals surface area contributed by atoms with Crippen LogP contribution in [0.4, 0.5) is 4.39 Å². The minimum absolute atomic E-state index is 0.417. The average Bonchev–Trinajstić information content (AvgIpc) is 2.30. The molecule has 0 rings (SSSR count). The fourth-order valence-electron chi connectivity index (χ4n) is 0.980. The van der Waals surface area contributed by atoms with Gasteiger partial charge in [0, 0.05) is 0 Å². The molecule has 0 aliphatic carbocycles. The number of allylic oxidation sites excluding steroid dienone is 4. The highest BCUT2D eigenvalue weighted by molar-refractivity contribution is 5.22. The van der Waals surface area contributed by atoms with E-state index >= 15 is 0 Å². The molecule has 0 radical (unpaired) electrons. The van der Waals surface area contributed by atoms with Gasteiger partial charge < -0.3 is 0 Å². The van der Waals surface area contributed by atoms with E-state index < -0.39 is 5.83 Å². The smallest absolute Gasteiger partial charge is 0.116 e. The van der Waals surface area contributed by atoms with E-state index in [0.29, 0.717) is 5.92 Å². The molecule has 1 heteroatoms. The molecule has 17 heavy (non-hydrogen) atoms. The SMILES string of the molecule is C=C(F)/C=C\C(=C)C(C)CCC.CC.CCC. The van der Waals surface area contributed by atoms with Crippen molar-refractivity contribution in [2.75, 3.05) is 0 Å². The molecular formula is C16H31F. The highest BCUT2D eigenvalue weighted by atomic mass is 19.1. The third-order valence-corrected chi connectivity index (χ3v) is 1.83. The van der Waals surface area contributed by atoms with Crippen molar-refractivity contribution in [2.45, 2.75) is 60.8 Å². The molecule has 102 valence electrons. The molecule has 0 saturated heterocycles. The minimum Gasteiger partial charge on any atom is -0.208 e. The summed E-state index contributed by atoms with van der Waals surface area (Å²) in [7, 11) is 0. The molecule has 0 heterocycles. The van der Waals surface area contributed by atoms with Gasteiger partial charge in [-0.1, -0.05) is 79.2 Å². The Balaban J connectivity index is -0.000000337. The van der Waals surface area contributed by atoms with Gasteiger partial charge in [-0.2, -0.15) is 0 Å². The first-order valence-electron chi connectivity index (χ1n) is 6.70. The maximum absolute atomic E-state index is 12.2. The summed E-state index contributed by atoms with van der Waals surface area (Å²) in [6.45, 7) is 19.5. The Kier molecular flexibility index (Phi) is 22.1. The van der Waals surface area contributed by atoms with Crippen LogP contribution in [0.3, 0.4) is 0 Å². The number of rotatable bonds is 5. The lowest BCUT2D eigenvalue weighted by Gasteiger charge is -2.08. The average molecular weight is 242 g/mol. The zero-order valence-electron chi connectivity index (χ0n) is 12.6. The van der Waals surface area contributed by atoms with Gasteiger partial charge in [0.15, 0.2) is 0 Å². The van der Waals surface area contributed by atoms with Crippen molar-refractivity contribution in [1.82, 2.24) is 0 Å². The summed E-state index contributed by atoms with van der Waals surface area (Å²) in [6.07, 6.45) is 6.53. The highest BCUT2D eigenvalue weighted by Crippen LogP contribution is 2.16. The summed E-state index contributed by atoms with van der Waals surface area (Å²) in [5.74, 6) is 0.0189. The summed E-state index contributed by atoms with van der Waals surface area (Å²) in [5.41, 5.74) is 0.968. The predicted molar refractivity (Wildman–Crippen MR) is 79.9 cm³/mol. The summed E-state index contributed by atoms with van der Waals surface area (Å²) in [4.78, 5) is 0. The van der Waals surface area contributed by atoms with Gasteiger partial charge in [0.1, 0.15) is 5.83 Å². The summed E-state index contributed by atoms with van der Waals surface area (Å²) in [6, 6.07) is 0. The van der Waals surface area contributed by atoms with Crippen molar-refractivity contribution in [1.29, 1.82) is 0 Å². The Hall–Kier alpha value is -0.850. The van der Waals surface area contributed by atoms with Gasteiger partial charge >= 0.3 is 0 Å². The molecule has 0 saturated carbocycles. The van der Waals surface area contributed by atoms with Crippen molar-refractivity contribution in [3.05, 3.63) is 36.7 Å². The van der Waals surface area contributed by atoms with Crippen molar-refractivity contribution in [3.8, 4) is 0 Å². The van der Waals surface area contributed by atoms with Crippen LogP contribution >= 0.6 is 0 Å². The second-order valence-electron chi connectivity index (χ2n) is 3.75. The van der Waals surface area contributed by atoms with Crippen molar-refractivity contribution < 1.29 is 4.39 Å². The first kappa shape index (κ1) is 21.4. The van der Waals surface area contributed by atoms with Gasteiger partial charge in [0.25, 0.3) is 0 Å². The van der Waals surface area contributed by atoms with Crippen LogP contribution < -0.4 is 0 Å². The van der Waals surface area contributed by atoms with E-state index in [9.17, 15) is 4.39 Å². The van der Waals surface area contributed by atoms with E-state index in [1.807, 2.05) is 13.8 Å². The molecule has 0 spiro atoms. The second-order valence-corrected chi connectivity index (χ2v) is 3.75. The number of hydrogen-bond acceptors (Lipinski definition) is 0. The molecule has 0 N–H and O–H groups in total. The molecule has 0 aromatic heterocycles. The van der Waals surface area contributed by atoms with Gasteiger partial charge in [-0.15, -0.1) is 0 Å². The Morgan fingerprint density at radius 3 is 1.82 bits per heavy atom. The topological polar surface area (TPSA) is 0 Å². The number of halogens is 1. The minimum atomic E-state index is -0.417. The number of hydrogen-bond donors (Lipinski definition) is 0. The molecule has 0 nitrogen and oxygen atoms in total. The Morgan fingerprint density at radius 2 is 1.53 bits per heavy atom. The molecule has 0 aliphatic rings. The van der Waals surface area contributed by atoms with Crippen molar-refractivity contribution in [3.63, 3.8) is 0 Å². The molecule has 0 fully saturated rings. The first-order valence-corrected chi connectivity index (χ1v) is 6.70. The van der Waals surface area contributed by atoms with Crippen LogP contribution in [0, 0.1) is 5.92 Å². The molecule has 0 amide bonds. The third-order valence-electron chi connectivity index (χ3n) is 1.83. The van der Waals surface area contributed by atoms with Crippen molar-refractivity contribution >= 4 is 0 Å². The maximum atomic E-state index is 12.2. The molecule has 0 aromatic carbocycles. The van der Waals surface area contributed by atoms with Gasteiger partial charge in [-0.3, -0.25) is 0 Å². The van der Waals surface area contributed by atoms with E-state index in [0.717, 1.165) is 18.4 Å². The maximum Gasteiger partial charge on any atom is 0.116 e. The van der Waals surface area contributed by atoms with Gasteiger partial charge in [0.05, 0.1) is 0 Å². The van der Waals surface area contributed by atoms with Gasteiger partial charge in [-0.25, -0.2) is 4.39 Å². The normalized spacial score (nSPS) is 10.8. The molecule has 1 atom stereocenters. The second kappa shape index (κ2) is 17.5. The summed E-state index contributed by atoms with van der Waals surface area (Å²) < 4.78 is 12.2. The van der Waals surface area contributed by atoms with Crippen LogP contribution in [0.5, 0.6) is 0 Å². The lowest BCUT2D eigenvalue weighted by Crippen LogP contribution is -1.94. The molecule has 0 bridgehead atoms. The van der Waals surface area contributed by atoms with Crippen molar-refractivity contribution in [2.24, 2.45) is 5.92 Å². The monoisotopic (exact) mass is 242 g/mol. The van der Waals surface area contributed by atoms with Gasteiger partial charge in [0.2, 0.25) is 0 Å². The summed E-state index contributed by atoms with van der Waals surface area (Å²) in [5, 5.41) is 0. The molecule has 0 aliphatic heterocycles. The van der Waals surface area contributed by atoms with E-state index in [4.69, 9.17) is 0 Å². The van der Waals surface area contributed by atoms with E-state index in [-0.39, 0.29) is 0 Å². The largest absolute Gasteiger partial charge is 0.208 e. The fraction of sp³-hybridized carbons (Fsp3) is 0.625. The molecule has 1 unspecified atom stereocenters. The zero-order chi connectivity index (χ0) is 14.3. The van der Waals surface area contributed by atoms with Crippen LogP contribution in [0.1, 0.15) is 60.8 Å². The van der Waals surface area contributed by atoms with E-state index in [1.54, 1.807) is 6.08 Å². The van der Waals surface area contributed by atoms with Gasteiger partial charge in [-0.05, 0) is 18.4 Å². The lowest BCUT2D eigenvalue weighted by atomic mass is 9.97. The van der Waals surface area contributed by atoms with Crippen LogP contribution in [0.25, 0.3) is 0 Å². The molecule has 0 aromatic rings. The van der Waals surface area contributed by atoms with Crippen LogP contribution in [-0.4, -0.2) is 0 Å². The molecular weight excluding hydrogens is 211 g/mol. The Bertz CT molecular complexity index is 202. The Labute approximate surface area is 108 Å². The van der Waals surface area contributed by atoms with E-state index in [2.05, 4.69) is 40.9 Å². The van der Waals surface area contributed by atoms with Crippen LogP contribution in [0.15, 0.2) is 36.7 Å². The Morgan fingerprint density at radius 1 is 1.12 bits per heavy atom. The zero-order valence-corrected chi connectivity index (χ0v) is 12.6. The quantitative estimate of drug-likeness (QED) is 0.485. The standard InChI is InChI=1S/C11H17F.C3H8.C2H6/c1-5-6-9(2)10(3)7-8-11(4)12;1-3-2;1-2/h7-9H,3-6H2,1-2H3;3H2,1-2H3;1-2H3/b8-7-;;. The summed E-state index contributed by atoms with van der Waals surface area (Å²) >= 11 is 0. The van der Waals surface area contributed by atoms with Crippen LogP contribution in [0.2, 0.25) is 0 Å². The van der Waals surface area contributed by atoms with Crippen LogP contribution in [-0.2, 0) is 0 Å². The lowest BCUT2D eigenvalue weighted by molar-refractivity contribution is 0.613. The predicted octanol–water partition coefficient (Wildman–Crippen LogP) is 6.46. The fourth-order valence-corrected chi connectivity index (χ4v) is 0.980.